The topological polar surface area (TPSA) is 9.23 Å². The van der Waals surface area contributed by atoms with E-state index >= 15 is 0 Å². The third kappa shape index (κ3) is 5.51. The van der Waals surface area contributed by atoms with E-state index in [2.05, 4.69) is 20.4 Å². The van der Waals surface area contributed by atoms with Crippen molar-refractivity contribution in [2.24, 2.45) is 5.92 Å². The first-order chi connectivity index (χ1) is 6.28. The van der Waals surface area contributed by atoms with Gasteiger partial charge in [0.05, 0.1) is 6.61 Å². The number of hydrogen-bond donors (Lipinski definition) is 0. The fourth-order valence-corrected chi connectivity index (χ4v) is 1.30. The molecule has 0 aromatic rings. The average Bonchev–Trinajstić information content (AvgIpc) is 2.19. The van der Waals surface area contributed by atoms with Crippen molar-refractivity contribution < 1.29 is 4.74 Å². The SMILES string of the molecule is C=C/C(=C\C)OCCC(CC)CC. The summed E-state index contributed by atoms with van der Waals surface area (Å²) in [6.45, 7) is 10.9. The minimum atomic E-state index is 0.808. The molecule has 0 aromatic carbocycles. The number of hydrogen-bond acceptors (Lipinski definition) is 1. The Kier molecular flexibility index (Phi) is 7.47. The van der Waals surface area contributed by atoms with Gasteiger partial charge in [0, 0.05) is 0 Å². The molecule has 76 valence electrons. The smallest absolute Gasteiger partial charge is 0.114 e. The summed E-state index contributed by atoms with van der Waals surface area (Å²) >= 11 is 0. The van der Waals surface area contributed by atoms with Crippen LogP contribution in [0, 0.1) is 5.92 Å². The average molecular weight is 182 g/mol. The van der Waals surface area contributed by atoms with Gasteiger partial charge in [-0.25, -0.2) is 0 Å². The minimum absolute atomic E-state index is 0.808. The van der Waals surface area contributed by atoms with Crippen molar-refractivity contribution in [3.8, 4) is 0 Å². The third-order valence-corrected chi connectivity index (χ3v) is 2.44. The van der Waals surface area contributed by atoms with Gasteiger partial charge >= 0.3 is 0 Å². The van der Waals surface area contributed by atoms with Crippen LogP contribution in [0.15, 0.2) is 24.5 Å². The molecule has 0 rings (SSSR count). The Balaban J connectivity index is 3.59. The second-order valence-electron chi connectivity index (χ2n) is 3.21. The van der Waals surface area contributed by atoms with Crippen molar-refractivity contribution in [2.75, 3.05) is 6.61 Å². The van der Waals surface area contributed by atoms with Crippen molar-refractivity contribution in [2.45, 2.75) is 40.0 Å². The summed E-state index contributed by atoms with van der Waals surface area (Å²) in [7, 11) is 0. The zero-order valence-electron chi connectivity index (χ0n) is 9.18. The van der Waals surface area contributed by atoms with E-state index in [1.54, 1.807) is 6.08 Å². The molecule has 0 aliphatic heterocycles. The van der Waals surface area contributed by atoms with Gasteiger partial charge in [-0.3, -0.25) is 0 Å². The number of rotatable bonds is 7. The summed E-state index contributed by atoms with van der Waals surface area (Å²) in [5.41, 5.74) is 0. The van der Waals surface area contributed by atoms with Crippen LogP contribution in [0.2, 0.25) is 0 Å². The number of allylic oxidation sites excluding steroid dienone is 2. The maximum atomic E-state index is 5.52. The first-order valence-corrected chi connectivity index (χ1v) is 5.19. The molecular weight excluding hydrogens is 160 g/mol. The van der Waals surface area contributed by atoms with Crippen LogP contribution in [0.4, 0.5) is 0 Å². The maximum absolute atomic E-state index is 5.52. The predicted molar refractivity (Wildman–Crippen MR) is 58.6 cm³/mol. The Labute approximate surface area is 82.5 Å². The minimum Gasteiger partial charge on any atom is -0.494 e. The van der Waals surface area contributed by atoms with Gasteiger partial charge in [-0.15, -0.1) is 0 Å². The van der Waals surface area contributed by atoms with Crippen LogP contribution in [0.1, 0.15) is 40.0 Å². The lowest BCUT2D eigenvalue weighted by Gasteiger charge is -2.12. The van der Waals surface area contributed by atoms with E-state index in [4.69, 9.17) is 4.74 Å². The van der Waals surface area contributed by atoms with E-state index < -0.39 is 0 Å². The first kappa shape index (κ1) is 12.3. The molecule has 0 amide bonds. The molecule has 0 radical (unpaired) electrons. The number of ether oxygens (including phenoxy) is 1. The molecule has 0 spiro atoms. The van der Waals surface area contributed by atoms with Gasteiger partial charge in [-0.05, 0) is 31.4 Å². The van der Waals surface area contributed by atoms with E-state index in [9.17, 15) is 0 Å². The standard InChI is InChI=1S/C12H22O/c1-5-11(6-2)9-10-13-12(7-3)8-4/h7-8,11H,3,5-6,9-10H2,1-2,4H3/b12-8+. The zero-order valence-corrected chi connectivity index (χ0v) is 9.18. The molecule has 13 heavy (non-hydrogen) atoms. The Morgan fingerprint density at radius 1 is 1.38 bits per heavy atom. The molecule has 0 bridgehead atoms. The summed E-state index contributed by atoms with van der Waals surface area (Å²) in [6, 6.07) is 0. The van der Waals surface area contributed by atoms with Crippen LogP contribution in [0.5, 0.6) is 0 Å². The summed E-state index contributed by atoms with van der Waals surface area (Å²) < 4.78 is 5.52. The lowest BCUT2D eigenvalue weighted by atomic mass is 10.0. The van der Waals surface area contributed by atoms with Crippen LogP contribution in [0.25, 0.3) is 0 Å². The molecule has 1 heteroatoms. The van der Waals surface area contributed by atoms with Gasteiger partial charge in [0.2, 0.25) is 0 Å². The van der Waals surface area contributed by atoms with E-state index in [0.29, 0.717) is 0 Å². The summed E-state index contributed by atoms with van der Waals surface area (Å²) in [6.07, 6.45) is 7.35. The van der Waals surface area contributed by atoms with E-state index in [0.717, 1.165) is 24.7 Å². The van der Waals surface area contributed by atoms with Crippen molar-refractivity contribution in [1.29, 1.82) is 0 Å². The zero-order chi connectivity index (χ0) is 10.1. The highest BCUT2D eigenvalue weighted by Gasteiger charge is 2.02. The van der Waals surface area contributed by atoms with E-state index in [1.807, 2.05) is 13.0 Å². The van der Waals surface area contributed by atoms with Crippen LogP contribution in [-0.2, 0) is 4.74 Å². The lowest BCUT2D eigenvalue weighted by Crippen LogP contribution is -2.02. The Hall–Kier alpha value is -0.720. The quantitative estimate of drug-likeness (QED) is 0.428. The van der Waals surface area contributed by atoms with Crippen molar-refractivity contribution in [3.63, 3.8) is 0 Å². The van der Waals surface area contributed by atoms with Crippen molar-refractivity contribution in [1.82, 2.24) is 0 Å². The second-order valence-corrected chi connectivity index (χ2v) is 3.21. The van der Waals surface area contributed by atoms with Crippen LogP contribution < -0.4 is 0 Å². The molecule has 0 fully saturated rings. The van der Waals surface area contributed by atoms with Crippen LogP contribution >= 0.6 is 0 Å². The molecule has 0 unspecified atom stereocenters. The highest BCUT2D eigenvalue weighted by molar-refractivity contribution is 5.06. The highest BCUT2D eigenvalue weighted by atomic mass is 16.5. The molecule has 1 nitrogen and oxygen atoms in total. The maximum Gasteiger partial charge on any atom is 0.114 e. The van der Waals surface area contributed by atoms with Gasteiger partial charge in [-0.1, -0.05) is 33.3 Å². The fraction of sp³-hybridized carbons (Fsp3) is 0.667. The van der Waals surface area contributed by atoms with E-state index in [1.165, 1.54) is 12.8 Å². The second kappa shape index (κ2) is 7.90. The monoisotopic (exact) mass is 182 g/mol. The molecule has 0 aromatic heterocycles. The van der Waals surface area contributed by atoms with E-state index in [-0.39, 0.29) is 0 Å². The van der Waals surface area contributed by atoms with Crippen LogP contribution in [-0.4, -0.2) is 6.61 Å². The van der Waals surface area contributed by atoms with Gasteiger partial charge < -0.3 is 4.74 Å². The lowest BCUT2D eigenvalue weighted by molar-refractivity contribution is 0.197. The molecular formula is C12H22O. The Bertz CT molecular complexity index is 155. The van der Waals surface area contributed by atoms with Crippen molar-refractivity contribution in [3.05, 3.63) is 24.5 Å². The van der Waals surface area contributed by atoms with Gasteiger partial charge in [0.25, 0.3) is 0 Å². The normalized spacial score (nSPS) is 11.8. The fourth-order valence-electron chi connectivity index (χ4n) is 1.30. The van der Waals surface area contributed by atoms with Gasteiger partial charge in [0.1, 0.15) is 5.76 Å². The van der Waals surface area contributed by atoms with Crippen molar-refractivity contribution >= 4 is 0 Å². The largest absolute Gasteiger partial charge is 0.494 e. The molecule has 0 atom stereocenters. The Morgan fingerprint density at radius 2 is 2.00 bits per heavy atom. The van der Waals surface area contributed by atoms with Crippen LogP contribution in [0.3, 0.4) is 0 Å². The van der Waals surface area contributed by atoms with Gasteiger partial charge in [0.15, 0.2) is 0 Å². The molecule has 0 saturated carbocycles. The Morgan fingerprint density at radius 3 is 2.38 bits per heavy atom. The third-order valence-electron chi connectivity index (χ3n) is 2.44. The molecule has 0 aliphatic carbocycles. The summed E-state index contributed by atoms with van der Waals surface area (Å²) in [5.74, 6) is 1.70. The molecule has 0 heterocycles. The summed E-state index contributed by atoms with van der Waals surface area (Å²) in [5, 5.41) is 0. The molecule has 0 aliphatic rings. The first-order valence-electron chi connectivity index (χ1n) is 5.19. The predicted octanol–water partition coefficient (Wildman–Crippen LogP) is 3.92. The highest BCUT2D eigenvalue weighted by Crippen LogP contribution is 2.13. The molecule has 0 N–H and O–H groups in total. The van der Waals surface area contributed by atoms with Gasteiger partial charge in [-0.2, -0.15) is 0 Å². The molecule has 0 saturated heterocycles. The summed E-state index contributed by atoms with van der Waals surface area (Å²) in [4.78, 5) is 0.